The molecule has 2 fully saturated rings. The second-order valence-corrected chi connectivity index (χ2v) is 9.80. The third kappa shape index (κ3) is 5.35. The molecular weight excluding hydrogens is 390 g/mol. The number of oxazole rings is 1. The van der Waals surface area contributed by atoms with E-state index in [4.69, 9.17) is 20.8 Å². The van der Waals surface area contributed by atoms with Crippen LogP contribution in [0.15, 0.2) is 22.6 Å². The predicted molar refractivity (Wildman–Crippen MR) is 114 cm³/mol. The number of rotatable bonds is 5. The molecule has 2 heterocycles. The molecule has 1 amide bonds. The fraction of sp³-hybridized carbons (Fsp3) is 0.636. The Balaban J connectivity index is 1.33. The topological polar surface area (TPSA) is 67.6 Å². The Bertz CT molecular complexity index is 864. The van der Waals surface area contributed by atoms with E-state index in [0.717, 1.165) is 37.9 Å². The van der Waals surface area contributed by atoms with Gasteiger partial charge in [-0.15, -0.1) is 0 Å². The van der Waals surface area contributed by atoms with Crippen molar-refractivity contribution in [3.05, 3.63) is 23.2 Å². The lowest BCUT2D eigenvalue weighted by atomic mass is 9.89. The van der Waals surface area contributed by atoms with E-state index in [0.29, 0.717) is 34.5 Å². The monoisotopic (exact) mass is 419 g/mol. The normalized spacial score (nSPS) is 19.4. The number of nitrogens with one attached hydrogen (secondary N) is 1. The first kappa shape index (κ1) is 20.3. The highest BCUT2D eigenvalue weighted by Crippen LogP contribution is 2.39. The number of carbonyl (C=O) groups excluding carboxylic acids is 1. The summed E-state index contributed by atoms with van der Waals surface area (Å²) in [5.74, 6) is 1.27. The molecule has 1 aliphatic heterocycles. The molecule has 0 bridgehead atoms. The maximum Gasteiger partial charge on any atom is 0.410 e. The molecule has 0 radical (unpaired) electrons. The van der Waals surface area contributed by atoms with E-state index in [1.165, 1.54) is 12.8 Å². The summed E-state index contributed by atoms with van der Waals surface area (Å²) >= 11 is 6.05. The molecule has 1 N–H and O–H groups in total. The van der Waals surface area contributed by atoms with Gasteiger partial charge in [0.2, 0.25) is 0 Å². The van der Waals surface area contributed by atoms with Gasteiger partial charge in [-0.25, -0.2) is 4.79 Å². The number of benzene rings is 1. The number of amides is 1. The van der Waals surface area contributed by atoms with Gasteiger partial charge in [0.25, 0.3) is 6.01 Å². The van der Waals surface area contributed by atoms with E-state index in [1.54, 1.807) is 6.07 Å². The summed E-state index contributed by atoms with van der Waals surface area (Å²) in [7, 11) is 0. The van der Waals surface area contributed by atoms with Gasteiger partial charge in [0.1, 0.15) is 11.1 Å². The van der Waals surface area contributed by atoms with Crippen molar-refractivity contribution in [1.29, 1.82) is 0 Å². The Morgan fingerprint density at radius 2 is 2.03 bits per heavy atom. The molecule has 158 valence electrons. The van der Waals surface area contributed by atoms with Crippen molar-refractivity contribution in [2.45, 2.75) is 64.5 Å². The minimum atomic E-state index is -0.446. The molecule has 1 aromatic carbocycles. The number of nitrogens with zero attached hydrogens (tertiary/aromatic N) is 2. The average molecular weight is 420 g/mol. The van der Waals surface area contributed by atoms with Crippen LogP contribution in [0.5, 0.6) is 0 Å². The van der Waals surface area contributed by atoms with Gasteiger partial charge >= 0.3 is 6.09 Å². The standard InChI is InChI=1S/C22H30ClN3O3/c1-22(2,3)29-21(27)26-10-8-14(9-11-26)12-18(15-4-5-15)25-20-24-17-7-6-16(23)13-19(17)28-20/h6-7,13-15,18H,4-5,8-12H2,1-3H3,(H,24,25). The van der Waals surface area contributed by atoms with Gasteiger partial charge in [-0.05, 0) is 76.8 Å². The Morgan fingerprint density at radius 1 is 1.31 bits per heavy atom. The first-order valence-electron chi connectivity index (χ1n) is 10.6. The van der Waals surface area contributed by atoms with Crippen molar-refractivity contribution in [2.24, 2.45) is 11.8 Å². The second-order valence-electron chi connectivity index (χ2n) is 9.37. The molecule has 1 atom stereocenters. The number of likely N-dealkylation sites (tertiary alicyclic amines) is 1. The summed E-state index contributed by atoms with van der Waals surface area (Å²) in [4.78, 5) is 18.7. The van der Waals surface area contributed by atoms with Crippen molar-refractivity contribution >= 4 is 34.8 Å². The maximum absolute atomic E-state index is 12.3. The van der Waals surface area contributed by atoms with Gasteiger partial charge in [0, 0.05) is 30.2 Å². The number of hydrogen-bond acceptors (Lipinski definition) is 5. The van der Waals surface area contributed by atoms with Gasteiger partial charge in [0.05, 0.1) is 0 Å². The third-order valence-electron chi connectivity index (χ3n) is 5.70. The largest absolute Gasteiger partial charge is 0.444 e. The van der Waals surface area contributed by atoms with Gasteiger partial charge in [-0.3, -0.25) is 0 Å². The van der Waals surface area contributed by atoms with Crippen LogP contribution in [0.2, 0.25) is 5.02 Å². The van der Waals surface area contributed by atoms with Crippen LogP contribution in [0.3, 0.4) is 0 Å². The lowest BCUT2D eigenvalue weighted by Crippen LogP contribution is -2.42. The van der Waals surface area contributed by atoms with Crippen LogP contribution < -0.4 is 5.32 Å². The summed E-state index contributed by atoms with van der Waals surface area (Å²) in [5.41, 5.74) is 1.08. The summed E-state index contributed by atoms with van der Waals surface area (Å²) in [6.07, 6.45) is 5.39. The minimum absolute atomic E-state index is 0.196. The van der Waals surface area contributed by atoms with E-state index < -0.39 is 5.60 Å². The molecule has 29 heavy (non-hydrogen) atoms. The van der Waals surface area contributed by atoms with Gasteiger partial charge in [0.15, 0.2) is 5.58 Å². The fourth-order valence-electron chi connectivity index (χ4n) is 4.02. The highest BCUT2D eigenvalue weighted by atomic mass is 35.5. The first-order chi connectivity index (χ1) is 13.8. The number of hydrogen-bond donors (Lipinski definition) is 1. The van der Waals surface area contributed by atoms with E-state index >= 15 is 0 Å². The molecule has 6 nitrogen and oxygen atoms in total. The van der Waals surface area contributed by atoms with Gasteiger partial charge < -0.3 is 19.4 Å². The quantitative estimate of drug-likeness (QED) is 0.672. The van der Waals surface area contributed by atoms with E-state index in [9.17, 15) is 4.79 Å². The molecule has 1 aromatic heterocycles. The van der Waals surface area contributed by atoms with Crippen LogP contribution in [-0.4, -0.2) is 40.7 Å². The maximum atomic E-state index is 12.3. The van der Waals surface area contributed by atoms with Crippen molar-refractivity contribution < 1.29 is 13.9 Å². The molecule has 1 saturated heterocycles. The molecule has 0 spiro atoms. The first-order valence-corrected chi connectivity index (χ1v) is 11.0. The average Bonchev–Trinajstić information content (AvgIpc) is 3.41. The second kappa shape index (κ2) is 8.05. The Kier molecular flexibility index (Phi) is 5.65. The zero-order chi connectivity index (χ0) is 20.6. The van der Waals surface area contributed by atoms with Crippen molar-refractivity contribution in [1.82, 2.24) is 9.88 Å². The van der Waals surface area contributed by atoms with Gasteiger partial charge in [-0.2, -0.15) is 4.98 Å². The Hall–Kier alpha value is -1.95. The molecular formula is C22H30ClN3O3. The zero-order valence-electron chi connectivity index (χ0n) is 17.4. The van der Waals surface area contributed by atoms with Crippen LogP contribution in [0, 0.1) is 11.8 Å². The van der Waals surface area contributed by atoms with Crippen molar-refractivity contribution in [3.63, 3.8) is 0 Å². The summed E-state index contributed by atoms with van der Waals surface area (Å²) in [5, 5.41) is 4.18. The Labute approximate surface area is 176 Å². The highest BCUT2D eigenvalue weighted by molar-refractivity contribution is 6.31. The smallest absolute Gasteiger partial charge is 0.410 e. The van der Waals surface area contributed by atoms with Crippen LogP contribution in [0.4, 0.5) is 10.8 Å². The Morgan fingerprint density at radius 3 is 2.69 bits per heavy atom. The van der Waals surface area contributed by atoms with Crippen LogP contribution in [-0.2, 0) is 4.74 Å². The number of carbonyl (C=O) groups is 1. The van der Waals surface area contributed by atoms with Crippen molar-refractivity contribution in [2.75, 3.05) is 18.4 Å². The van der Waals surface area contributed by atoms with E-state index in [2.05, 4.69) is 10.3 Å². The summed E-state index contributed by atoms with van der Waals surface area (Å²) < 4.78 is 11.4. The van der Waals surface area contributed by atoms with Crippen LogP contribution >= 0.6 is 11.6 Å². The highest BCUT2D eigenvalue weighted by Gasteiger charge is 2.35. The SMILES string of the molecule is CC(C)(C)OC(=O)N1CCC(CC(Nc2nc3ccc(Cl)cc3o2)C2CC2)CC1. The van der Waals surface area contributed by atoms with Gasteiger partial charge in [-0.1, -0.05) is 11.6 Å². The molecule has 1 saturated carbocycles. The molecule has 7 heteroatoms. The van der Waals surface area contributed by atoms with Crippen LogP contribution in [0.25, 0.3) is 11.1 Å². The number of halogens is 1. The molecule has 4 rings (SSSR count). The fourth-order valence-corrected chi connectivity index (χ4v) is 4.19. The van der Waals surface area contributed by atoms with Crippen LogP contribution in [0.1, 0.15) is 52.9 Å². The van der Waals surface area contributed by atoms with E-state index in [-0.39, 0.29) is 6.09 Å². The molecule has 2 aliphatic rings. The summed E-state index contributed by atoms with van der Waals surface area (Å²) in [6.45, 7) is 7.24. The predicted octanol–water partition coefficient (Wildman–Crippen LogP) is 5.71. The number of aromatic nitrogens is 1. The molecule has 1 unspecified atom stereocenters. The third-order valence-corrected chi connectivity index (χ3v) is 5.94. The van der Waals surface area contributed by atoms with E-state index in [1.807, 2.05) is 37.8 Å². The lowest BCUT2D eigenvalue weighted by molar-refractivity contribution is 0.0179. The number of piperidine rings is 1. The summed E-state index contributed by atoms with van der Waals surface area (Å²) in [6, 6.07) is 6.44. The van der Waals surface area contributed by atoms with Crippen molar-refractivity contribution in [3.8, 4) is 0 Å². The number of fused-ring (bicyclic) bond motifs is 1. The number of anilines is 1. The minimum Gasteiger partial charge on any atom is -0.444 e. The zero-order valence-corrected chi connectivity index (χ0v) is 18.2. The molecule has 2 aromatic rings. The lowest BCUT2D eigenvalue weighted by Gasteiger charge is -2.34. The number of ether oxygens (including phenoxy) is 1. The molecule has 1 aliphatic carbocycles.